The van der Waals surface area contributed by atoms with Gasteiger partial charge in [-0.3, -0.25) is 14.9 Å². The number of aryl methyl sites for hydroxylation is 1. The molecule has 2 heterocycles. The Morgan fingerprint density at radius 3 is 2.69 bits per heavy atom. The summed E-state index contributed by atoms with van der Waals surface area (Å²) in [7, 11) is 0. The molecule has 0 aliphatic heterocycles. The van der Waals surface area contributed by atoms with Gasteiger partial charge < -0.3 is 10.1 Å². The summed E-state index contributed by atoms with van der Waals surface area (Å²) in [6.07, 6.45) is 1.55. The molecule has 3 aromatic rings. The molecule has 0 fully saturated rings. The van der Waals surface area contributed by atoms with E-state index in [1.807, 2.05) is 0 Å². The largest absolute Gasteiger partial charge is 0.462 e. The summed E-state index contributed by atoms with van der Waals surface area (Å²) in [5.41, 5.74) is 1.56. The zero-order valence-corrected chi connectivity index (χ0v) is 16.3. The summed E-state index contributed by atoms with van der Waals surface area (Å²) < 4.78 is 6.28. The quantitative estimate of drug-likeness (QED) is 0.351. The Bertz CT molecular complexity index is 1060. The minimum absolute atomic E-state index is 0.0264. The number of benzene rings is 1. The molecule has 0 saturated carbocycles. The molecule has 0 atom stereocenters. The first-order valence-electron chi connectivity index (χ1n) is 8.46. The lowest BCUT2D eigenvalue weighted by atomic mass is 10.1. The van der Waals surface area contributed by atoms with Crippen molar-refractivity contribution < 1.29 is 19.2 Å². The number of anilines is 1. The van der Waals surface area contributed by atoms with E-state index < -0.39 is 16.8 Å². The second-order valence-electron chi connectivity index (χ2n) is 5.81. The van der Waals surface area contributed by atoms with Gasteiger partial charge in [-0.15, -0.1) is 5.10 Å². The Labute approximate surface area is 168 Å². The fourth-order valence-corrected chi connectivity index (χ4v) is 3.28. The molecule has 0 saturated heterocycles. The van der Waals surface area contributed by atoms with E-state index in [1.165, 1.54) is 16.8 Å². The normalized spacial score (nSPS) is 10.6. The number of hydrogen-bond acceptors (Lipinski definition) is 9. The third-order valence-electron chi connectivity index (χ3n) is 3.72. The van der Waals surface area contributed by atoms with Crippen LogP contribution in [0.1, 0.15) is 22.3 Å². The molecular weight excluding hydrogens is 400 g/mol. The van der Waals surface area contributed by atoms with Gasteiger partial charge in [0.15, 0.2) is 5.13 Å². The Morgan fingerprint density at radius 1 is 1.31 bits per heavy atom. The van der Waals surface area contributed by atoms with E-state index in [2.05, 4.69) is 20.6 Å². The first kappa shape index (κ1) is 20.1. The average molecular weight is 416 g/mol. The van der Waals surface area contributed by atoms with Gasteiger partial charge in [-0.1, -0.05) is 16.6 Å². The maximum absolute atomic E-state index is 12.2. The van der Waals surface area contributed by atoms with Crippen LogP contribution in [0.25, 0.3) is 11.3 Å². The monoisotopic (exact) mass is 416 g/mol. The molecule has 0 unspecified atom stereocenters. The van der Waals surface area contributed by atoms with Crippen LogP contribution in [0.4, 0.5) is 10.8 Å². The maximum atomic E-state index is 12.2. The molecule has 12 heteroatoms. The number of hydrogen-bond donors (Lipinski definition) is 1. The zero-order chi connectivity index (χ0) is 21.0. The van der Waals surface area contributed by atoms with Crippen LogP contribution in [0.15, 0.2) is 30.5 Å². The zero-order valence-electron chi connectivity index (χ0n) is 15.5. The molecule has 3 rings (SSSR count). The lowest BCUT2D eigenvalue weighted by molar-refractivity contribution is -0.384. The van der Waals surface area contributed by atoms with Crippen LogP contribution in [0.2, 0.25) is 0 Å². The lowest BCUT2D eigenvalue weighted by Gasteiger charge is -2.01. The van der Waals surface area contributed by atoms with Gasteiger partial charge >= 0.3 is 5.97 Å². The van der Waals surface area contributed by atoms with Crippen LogP contribution in [0.5, 0.6) is 0 Å². The predicted molar refractivity (Wildman–Crippen MR) is 104 cm³/mol. The van der Waals surface area contributed by atoms with E-state index in [-0.39, 0.29) is 24.0 Å². The van der Waals surface area contributed by atoms with Gasteiger partial charge in [0.2, 0.25) is 5.91 Å². The molecule has 1 amide bonds. The summed E-state index contributed by atoms with van der Waals surface area (Å²) >= 11 is 1.03. The van der Waals surface area contributed by atoms with Crippen LogP contribution in [-0.4, -0.2) is 43.4 Å². The number of ether oxygens (including phenoxy) is 1. The molecule has 0 spiro atoms. The molecule has 0 radical (unpaired) electrons. The highest BCUT2D eigenvalue weighted by molar-refractivity contribution is 7.17. The van der Waals surface area contributed by atoms with Gasteiger partial charge in [-0.25, -0.2) is 14.5 Å². The van der Waals surface area contributed by atoms with Crippen molar-refractivity contribution in [1.82, 2.24) is 20.0 Å². The molecular formula is C17H16N6O5S. The van der Waals surface area contributed by atoms with Crippen molar-refractivity contribution in [3.63, 3.8) is 0 Å². The number of carbonyl (C=O) groups is 2. The number of non-ortho nitro benzene ring substituents is 1. The third kappa shape index (κ3) is 4.79. The molecule has 1 aromatic carbocycles. The molecule has 2 aromatic heterocycles. The van der Waals surface area contributed by atoms with Gasteiger partial charge in [0.25, 0.3) is 5.69 Å². The Balaban J connectivity index is 1.64. The Kier molecular flexibility index (Phi) is 5.93. The maximum Gasteiger partial charge on any atom is 0.350 e. The summed E-state index contributed by atoms with van der Waals surface area (Å²) in [5, 5.41) is 21.5. The second-order valence-corrected chi connectivity index (χ2v) is 6.81. The Hall–Kier alpha value is -3.67. The first-order chi connectivity index (χ1) is 13.9. The van der Waals surface area contributed by atoms with Crippen LogP contribution in [0.3, 0.4) is 0 Å². The summed E-state index contributed by atoms with van der Waals surface area (Å²) in [6, 6.07) is 5.85. The minimum atomic E-state index is -0.487. The van der Waals surface area contributed by atoms with Gasteiger partial charge in [-0.2, -0.15) is 0 Å². The van der Waals surface area contributed by atoms with Gasteiger partial charge in [0, 0.05) is 17.7 Å². The number of rotatable bonds is 7. The Morgan fingerprint density at radius 2 is 2.03 bits per heavy atom. The van der Waals surface area contributed by atoms with Gasteiger partial charge in [-0.05, 0) is 26.0 Å². The van der Waals surface area contributed by atoms with Crippen molar-refractivity contribution in [3.05, 3.63) is 51.1 Å². The number of nitrogens with one attached hydrogen (secondary N) is 1. The fraction of sp³-hybridized carbons (Fsp3) is 0.235. The standard InChI is InChI=1S/C17H16N6O5S/c1-3-28-16(25)15-10(2)18-17(29-15)19-14(24)9-22-8-13(20-21-22)11-4-6-12(7-5-11)23(26)27/h4-8H,3,9H2,1-2H3,(H,18,19,24). The number of nitro groups is 1. The van der Waals surface area contributed by atoms with Crippen molar-refractivity contribution in [2.45, 2.75) is 20.4 Å². The van der Waals surface area contributed by atoms with Crippen molar-refractivity contribution >= 4 is 34.0 Å². The minimum Gasteiger partial charge on any atom is -0.462 e. The van der Waals surface area contributed by atoms with Gasteiger partial charge in [0.1, 0.15) is 17.1 Å². The third-order valence-corrected chi connectivity index (χ3v) is 4.77. The van der Waals surface area contributed by atoms with Crippen molar-refractivity contribution in [2.24, 2.45) is 0 Å². The summed E-state index contributed by atoms with van der Waals surface area (Å²) in [4.78, 5) is 38.8. The van der Waals surface area contributed by atoms with Crippen molar-refractivity contribution in [1.29, 1.82) is 0 Å². The summed E-state index contributed by atoms with van der Waals surface area (Å²) in [6.45, 7) is 3.50. The van der Waals surface area contributed by atoms with Crippen molar-refractivity contribution in [3.8, 4) is 11.3 Å². The van der Waals surface area contributed by atoms with Crippen molar-refractivity contribution in [2.75, 3.05) is 11.9 Å². The number of esters is 1. The van der Waals surface area contributed by atoms with Crippen LogP contribution < -0.4 is 5.32 Å². The number of carbonyl (C=O) groups excluding carboxylic acids is 2. The summed E-state index contributed by atoms with van der Waals surface area (Å²) in [5.74, 6) is -0.874. The molecule has 0 aliphatic rings. The number of nitro benzene ring substituents is 1. The molecule has 1 N–H and O–H groups in total. The van der Waals surface area contributed by atoms with E-state index in [4.69, 9.17) is 4.74 Å². The van der Waals surface area contributed by atoms with E-state index in [0.29, 0.717) is 21.8 Å². The first-order valence-corrected chi connectivity index (χ1v) is 9.28. The number of thiazole rings is 1. The molecule has 0 aliphatic carbocycles. The number of amides is 1. The smallest absolute Gasteiger partial charge is 0.350 e. The molecule has 11 nitrogen and oxygen atoms in total. The van der Waals surface area contributed by atoms with Crippen LogP contribution >= 0.6 is 11.3 Å². The van der Waals surface area contributed by atoms with E-state index in [9.17, 15) is 19.7 Å². The van der Waals surface area contributed by atoms with E-state index in [0.717, 1.165) is 11.3 Å². The predicted octanol–water partition coefficient (Wildman–Crippen LogP) is 2.43. The topological polar surface area (TPSA) is 142 Å². The number of aromatic nitrogens is 4. The lowest BCUT2D eigenvalue weighted by Crippen LogP contribution is -2.19. The van der Waals surface area contributed by atoms with Crippen LogP contribution in [0, 0.1) is 17.0 Å². The number of nitrogens with zero attached hydrogens (tertiary/aromatic N) is 5. The average Bonchev–Trinajstić information content (AvgIpc) is 3.28. The fourth-order valence-electron chi connectivity index (χ4n) is 2.40. The highest BCUT2D eigenvalue weighted by Crippen LogP contribution is 2.24. The van der Waals surface area contributed by atoms with Crippen LogP contribution in [-0.2, 0) is 16.1 Å². The second kappa shape index (κ2) is 8.56. The SMILES string of the molecule is CCOC(=O)c1sc(NC(=O)Cn2cc(-c3ccc([N+](=O)[O-])cc3)nn2)nc1C. The van der Waals surface area contributed by atoms with E-state index >= 15 is 0 Å². The molecule has 150 valence electrons. The highest BCUT2D eigenvalue weighted by atomic mass is 32.1. The molecule has 29 heavy (non-hydrogen) atoms. The molecule has 0 bridgehead atoms. The highest BCUT2D eigenvalue weighted by Gasteiger charge is 2.18. The van der Waals surface area contributed by atoms with Gasteiger partial charge in [0.05, 0.1) is 23.4 Å². The van der Waals surface area contributed by atoms with E-state index in [1.54, 1.807) is 32.2 Å².